The Balaban J connectivity index is 2.67. The predicted molar refractivity (Wildman–Crippen MR) is 51.2 cm³/mol. The molecular formula is C9H10N2O4. The van der Waals surface area contributed by atoms with Crippen molar-refractivity contribution in [1.29, 1.82) is 0 Å². The van der Waals surface area contributed by atoms with E-state index in [0.29, 0.717) is 5.69 Å². The molecule has 0 bridgehead atoms. The summed E-state index contributed by atoms with van der Waals surface area (Å²) in [6, 6.07) is 2.86. The van der Waals surface area contributed by atoms with Gasteiger partial charge in [-0.15, -0.1) is 0 Å². The minimum absolute atomic E-state index is 0.0512. The van der Waals surface area contributed by atoms with Crippen LogP contribution in [-0.2, 0) is 16.0 Å². The molecule has 0 fully saturated rings. The van der Waals surface area contributed by atoms with Gasteiger partial charge in [-0.25, -0.2) is 0 Å². The third-order valence-electron chi connectivity index (χ3n) is 1.71. The van der Waals surface area contributed by atoms with Crippen LogP contribution in [0.2, 0.25) is 0 Å². The summed E-state index contributed by atoms with van der Waals surface area (Å²) in [5.74, 6) is -0.409. The first kappa shape index (κ1) is 11.1. The summed E-state index contributed by atoms with van der Waals surface area (Å²) in [4.78, 5) is 24.4. The van der Waals surface area contributed by atoms with E-state index in [2.05, 4.69) is 9.72 Å². The number of pyridine rings is 1. The van der Waals surface area contributed by atoms with E-state index in [1.54, 1.807) is 0 Å². The summed E-state index contributed by atoms with van der Waals surface area (Å²) in [5, 5.41) is 10.6. The number of carbonyl (C=O) groups excluding carboxylic acids is 1. The number of aromatic nitrogens is 1. The van der Waals surface area contributed by atoms with Crippen molar-refractivity contribution < 1.29 is 14.5 Å². The molecule has 1 heterocycles. The Labute approximate surface area is 86.0 Å². The number of hydrogen-bond donors (Lipinski definition) is 0. The van der Waals surface area contributed by atoms with Crippen LogP contribution in [0.1, 0.15) is 12.6 Å². The number of nitro groups is 1. The fraction of sp³-hybridized carbons (Fsp3) is 0.333. The molecule has 0 aromatic carbocycles. The highest BCUT2D eigenvalue weighted by Gasteiger charge is 2.13. The van der Waals surface area contributed by atoms with Gasteiger partial charge in [0.1, 0.15) is 5.69 Å². The smallest absolute Gasteiger partial charge is 0.302 e. The van der Waals surface area contributed by atoms with Crippen molar-refractivity contribution in [3.05, 3.63) is 34.1 Å². The number of rotatable bonds is 4. The van der Waals surface area contributed by atoms with Crippen LogP contribution < -0.4 is 0 Å². The Morgan fingerprint density at radius 2 is 2.40 bits per heavy atom. The molecule has 0 aliphatic carbocycles. The lowest BCUT2D eigenvalue weighted by molar-refractivity contribution is -0.386. The van der Waals surface area contributed by atoms with Crippen LogP contribution in [0.3, 0.4) is 0 Å². The molecule has 80 valence electrons. The van der Waals surface area contributed by atoms with Crippen molar-refractivity contribution in [3.8, 4) is 0 Å². The minimum Gasteiger partial charge on any atom is -0.465 e. The zero-order valence-electron chi connectivity index (χ0n) is 8.17. The van der Waals surface area contributed by atoms with E-state index in [9.17, 15) is 14.9 Å². The van der Waals surface area contributed by atoms with Crippen LogP contribution in [0.5, 0.6) is 0 Å². The number of hydrogen-bond acceptors (Lipinski definition) is 5. The van der Waals surface area contributed by atoms with Gasteiger partial charge < -0.3 is 4.74 Å². The normalized spacial score (nSPS) is 9.67. The molecule has 0 spiro atoms. The lowest BCUT2D eigenvalue weighted by Crippen LogP contribution is -2.06. The molecular weight excluding hydrogens is 200 g/mol. The number of nitrogens with zero attached hydrogens (tertiary/aromatic N) is 2. The van der Waals surface area contributed by atoms with Crippen LogP contribution in [0.25, 0.3) is 0 Å². The topological polar surface area (TPSA) is 82.3 Å². The van der Waals surface area contributed by atoms with Gasteiger partial charge in [0.15, 0.2) is 0 Å². The second-order valence-corrected chi connectivity index (χ2v) is 2.82. The molecule has 1 aromatic rings. The standard InChI is InChI=1S/C9H10N2O4/c1-7(12)15-6-4-8-9(11(13)14)3-2-5-10-8/h2-3,5H,4,6H2,1H3. The molecule has 0 atom stereocenters. The van der Waals surface area contributed by atoms with E-state index in [1.807, 2.05) is 0 Å². The van der Waals surface area contributed by atoms with Crippen molar-refractivity contribution in [2.45, 2.75) is 13.3 Å². The van der Waals surface area contributed by atoms with Gasteiger partial charge in [-0.3, -0.25) is 19.9 Å². The molecule has 15 heavy (non-hydrogen) atoms. The third kappa shape index (κ3) is 3.34. The van der Waals surface area contributed by atoms with Crippen LogP contribution in [-0.4, -0.2) is 22.5 Å². The van der Waals surface area contributed by atoms with Gasteiger partial charge in [0, 0.05) is 25.6 Å². The summed E-state index contributed by atoms with van der Waals surface area (Å²) >= 11 is 0. The Hall–Kier alpha value is -1.98. The zero-order valence-corrected chi connectivity index (χ0v) is 8.17. The van der Waals surface area contributed by atoms with E-state index in [4.69, 9.17) is 0 Å². The molecule has 0 aliphatic rings. The van der Waals surface area contributed by atoms with Gasteiger partial charge in [-0.05, 0) is 6.07 Å². The Morgan fingerprint density at radius 1 is 1.67 bits per heavy atom. The third-order valence-corrected chi connectivity index (χ3v) is 1.71. The number of ether oxygens (including phenoxy) is 1. The highest BCUT2D eigenvalue weighted by atomic mass is 16.6. The average molecular weight is 210 g/mol. The number of carbonyl (C=O) groups is 1. The van der Waals surface area contributed by atoms with Crippen molar-refractivity contribution in [1.82, 2.24) is 4.98 Å². The lowest BCUT2D eigenvalue weighted by Gasteiger charge is -2.01. The Kier molecular flexibility index (Phi) is 3.73. The van der Waals surface area contributed by atoms with Crippen molar-refractivity contribution in [3.63, 3.8) is 0 Å². The maximum atomic E-state index is 10.6. The SMILES string of the molecule is CC(=O)OCCc1ncccc1[N+](=O)[O-]. The fourth-order valence-corrected chi connectivity index (χ4v) is 1.08. The van der Waals surface area contributed by atoms with Gasteiger partial charge in [0.2, 0.25) is 0 Å². The van der Waals surface area contributed by atoms with Gasteiger partial charge in [-0.1, -0.05) is 0 Å². The van der Waals surface area contributed by atoms with Gasteiger partial charge in [0.05, 0.1) is 11.5 Å². The van der Waals surface area contributed by atoms with Crippen LogP contribution in [0, 0.1) is 10.1 Å². The molecule has 0 radical (unpaired) electrons. The maximum absolute atomic E-state index is 10.6. The molecule has 0 saturated heterocycles. The van der Waals surface area contributed by atoms with Crippen molar-refractivity contribution >= 4 is 11.7 Å². The second kappa shape index (κ2) is 5.04. The molecule has 0 saturated carbocycles. The van der Waals surface area contributed by atoms with Crippen molar-refractivity contribution in [2.75, 3.05) is 6.61 Å². The lowest BCUT2D eigenvalue weighted by atomic mass is 10.2. The first-order valence-electron chi connectivity index (χ1n) is 4.33. The summed E-state index contributed by atoms with van der Waals surface area (Å²) in [7, 11) is 0. The van der Waals surface area contributed by atoms with Crippen molar-refractivity contribution in [2.24, 2.45) is 0 Å². The molecule has 1 rings (SSSR count). The first-order chi connectivity index (χ1) is 7.11. The minimum atomic E-state index is -0.504. The van der Waals surface area contributed by atoms with Crippen LogP contribution >= 0.6 is 0 Å². The quantitative estimate of drug-likeness (QED) is 0.422. The summed E-state index contributed by atoms with van der Waals surface area (Å²) in [6.07, 6.45) is 1.72. The average Bonchev–Trinajstić information content (AvgIpc) is 2.17. The first-order valence-corrected chi connectivity index (χ1v) is 4.33. The van der Waals surface area contributed by atoms with E-state index in [-0.39, 0.29) is 18.7 Å². The second-order valence-electron chi connectivity index (χ2n) is 2.82. The van der Waals surface area contributed by atoms with Gasteiger partial charge in [0.25, 0.3) is 5.69 Å². The van der Waals surface area contributed by atoms with E-state index >= 15 is 0 Å². The molecule has 6 nitrogen and oxygen atoms in total. The van der Waals surface area contributed by atoms with Crippen LogP contribution in [0.15, 0.2) is 18.3 Å². The van der Waals surface area contributed by atoms with E-state index in [0.717, 1.165) is 0 Å². The van der Waals surface area contributed by atoms with Crippen LogP contribution in [0.4, 0.5) is 5.69 Å². The largest absolute Gasteiger partial charge is 0.465 e. The van der Waals surface area contributed by atoms with Gasteiger partial charge >= 0.3 is 5.97 Å². The summed E-state index contributed by atoms with van der Waals surface area (Å²) in [5.41, 5.74) is 0.272. The molecule has 0 amide bonds. The predicted octanol–water partition coefficient (Wildman–Crippen LogP) is 1.10. The highest BCUT2D eigenvalue weighted by Crippen LogP contribution is 2.15. The summed E-state index contributed by atoms with van der Waals surface area (Å²) in [6.45, 7) is 1.39. The van der Waals surface area contributed by atoms with E-state index in [1.165, 1.54) is 25.3 Å². The fourth-order valence-electron chi connectivity index (χ4n) is 1.08. The monoisotopic (exact) mass is 210 g/mol. The van der Waals surface area contributed by atoms with E-state index < -0.39 is 10.9 Å². The molecule has 6 heteroatoms. The molecule has 0 aliphatic heterocycles. The summed E-state index contributed by atoms with van der Waals surface area (Å²) < 4.78 is 4.68. The Bertz CT molecular complexity index is 378. The zero-order chi connectivity index (χ0) is 11.3. The molecule has 0 unspecified atom stereocenters. The molecule has 1 aromatic heterocycles. The maximum Gasteiger partial charge on any atom is 0.302 e. The number of esters is 1. The molecule has 0 N–H and O–H groups in total. The Morgan fingerprint density at radius 3 is 3.00 bits per heavy atom. The highest BCUT2D eigenvalue weighted by molar-refractivity contribution is 5.65. The van der Waals surface area contributed by atoms with Gasteiger partial charge in [-0.2, -0.15) is 0 Å².